The Kier molecular flexibility index (Phi) is 3.44. The van der Waals surface area contributed by atoms with E-state index in [0.29, 0.717) is 0 Å². The Morgan fingerprint density at radius 2 is 1.79 bits per heavy atom. The van der Waals surface area contributed by atoms with Gasteiger partial charge in [-0.25, -0.2) is 0 Å². The quantitative estimate of drug-likeness (QED) is 0.695. The summed E-state index contributed by atoms with van der Waals surface area (Å²) in [5.74, 6) is 0. The molecule has 3 rings (SSSR count). The van der Waals surface area contributed by atoms with Gasteiger partial charge in [-0.1, -0.05) is 42.5 Å². The third-order valence-electron chi connectivity index (χ3n) is 3.34. The van der Waals surface area contributed by atoms with Crippen LogP contribution in [0.2, 0.25) is 0 Å². The Bertz CT molecular complexity index is 727. The molecule has 0 saturated heterocycles. The zero-order valence-corrected chi connectivity index (χ0v) is 12.8. The van der Waals surface area contributed by atoms with E-state index < -0.39 is 6.10 Å². The van der Waals surface area contributed by atoms with Crippen molar-refractivity contribution in [2.75, 3.05) is 0 Å². The molecule has 0 saturated carbocycles. The van der Waals surface area contributed by atoms with Crippen molar-refractivity contribution in [3.8, 4) is 0 Å². The maximum Gasteiger partial charge on any atom is 0.106 e. The fourth-order valence-electron chi connectivity index (χ4n) is 2.39. The minimum atomic E-state index is -0.575. The Morgan fingerprint density at radius 1 is 1.05 bits per heavy atom. The summed E-state index contributed by atoms with van der Waals surface area (Å²) in [6, 6.07) is 16.2. The Labute approximate surface area is 124 Å². The molecule has 1 atom stereocenters. The maximum absolute atomic E-state index is 10.7. The van der Waals surface area contributed by atoms with Crippen LogP contribution in [0.15, 0.2) is 52.3 Å². The number of fused-ring (bicyclic) bond motifs is 1. The van der Waals surface area contributed by atoms with E-state index >= 15 is 0 Å². The Hall–Kier alpha value is -1.16. The van der Waals surface area contributed by atoms with Crippen molar-refractivity contribution in [2.45, 2.75) is 13.0 Å². The van der Waals surface area contributed by atoms with Crippen LogP contribution >= 0.6 is 27.3 Å². The van der Waals surface area contributed by atoms with E-state index in [4.69, 9.17) is 0 Å². The summed E-state index contributed by atoms with van der Waals surface area (Å²) in [6.07, 6.45) is -0.575. The summed E-state index contributed by atoms with van der Waals surface area (Å²) in [5.41, 5.74) is 1.94. The fourth-order valence-corrected chi connectivity index (χ4v) is 4.13. The molecule has 19 heavy (non-hydrogen) atoms. The zero-order valence-electron chi connectivity index (χ0n) is 10.4. The van der Waals surface area contributed by atoms with Gasteiger partial charge >= 0.3 is 0 Å². The molecule has 0 aliphatic rings. The second-order valence-electron chi connectivity index (χ2n) is 4.53. The van der Waals surface area contributed by atoms with Crippen LogP contribution in [0.1, 0.15) is 22.1 Å². The van der Waals surface area contributed by atoms with Crippen LogP contribution in [0.5, 0.6) is 0 Å². The van der Waals surface area contributed by atoms with Crippen molar-refractivity contribution in [3.05, 3.63) is 68.3 Å². The van der Waals surface area contributed by atoms with Gasteiger partial charge in [-0.15, -0.1) is 11.3 Å². The summed E-state index contributed by atoms with van der Waals surface area (Å²) in [4.78, 5) is 1.15. The third kappa shape index (κ3) is 2.34. The van der Waals surface area contributed by atoms with Gasteiger partial charge in [-0.2, -0.15) is 0 Å². The van der Waals surface area contributed by atoms with Crippen LogP contribution < -0.4 is 0 Å². The number of aliphatic hydroxyl groups is 1. The molecular weight excluding hydrogens is 320 g/mol. The molecule has 1 nitrogen and oxygen atoms in total. The Balaban J connectivity index is 2.16. The van der Waals surface area contributed by atoms with Gasteiger partial charge in [-0.3, -0.25) is 0 Å². The molecule has 3 aromatic rings. The molecular formula is C16H13BrOS. The van der Waals surface area contributed by atoms with Crippen LogP contribution in [-0.2, 0) is 0 Å². The zero-order chi connectivity index (χ0) is 13.4. The average molecular weight is 333 g/mol. The molecule has 1 N–H and O–H groups in total. The molecule has 1 heterocycles. The van der Waals surface area contributed by atoms with E-state index in [1.807, 2.05) is 37.3 Å². The molecule has 0 radical (unpaired) electrons. The van der Waals surface area contributed by atoms with Crippen LogP contribution in [-0.4, -0.2) is 5.11 Å². The van der Waals surface area contributed by atoms with Gasteiger partial charge in [0.25, 0.3) is 0 Å². The van der Waals surface area contributed by atoms with Gasteiger partial charge in [0, 0.05) is 4.88 Å². The third-order valence-corrected chi connectivity index (χ3v) is 4.91. The number of hydrogen-bond donors (Lipinski definition) is 1. The van der Waals surface area contributed by atoms with Gasteiger partial charge in [0.1, 0.15) is 6.10 Å². The van der Waals surface area contributed by atoms with E-state index in [9.17, 15) is 5.11 Å². The number of hydrogen-bond acceptors (Lipinski definition) is 2. The molecule has 0 aliphatic carbocycles. The van der Waals surface area contributed by atoms with E-state index in [0.717, 1.165) is 30.6 Å². The molecule has 96 valence electrons. The lowest BCUT2D eigenvalue weighted by atomic mass is 9.96. The van der Waals surface area contributed by atoms with E-state index in [1.54, 1.807) is 11.3 Å². The van der Waals surface area contributed by atoms with Crippen molar-refractivity contribution >= 4 is 38.0 Å². The van der Waals surface area contributed by atoms with Crippen molar-refractivity contribution in [1.82, 2.24) is 0 Å². The SMILES string of the molecule is Cc1sc(Br)cc1C(O)c1cccc2ccccc12. The smallest absolute Gasteiger partial charge is 0.106 e. The number of benzene rings is 2. The van der Waals surface area contributed by atoms with Crippen molar-refractivity contribution < 1.29 is 5.11 Å². The lowest BCUT2D eigenvalue weighted by Crippen LogP contribution is -2.00. The highest BCUT2D eigenvalue weighted by Crippen LogP contribution is 2.35. The molecule has 3 heteroatoms. The van der Waals surface area contributed by atoms with Gasteiger partial charge in [0.05, 0.1) is 3.79 Å². The number of rotatable bonds is 2. The minimum Gasteiger partial charge on any atom is -0.384 e. The summed E-state index contributed by atoms with van der Waals surface area (Å²) in [7, 11) is 0. The molecule has 0 bridgehead atoms. The predicted octanol–water partition coefficient (Wildman–Crippen LogP) is 5.05. The molecule has 0 amide bonds. The second-order valence-corrected chi connectivity index (χ2v) is 7.17. The van der Waals surface area contributed by atoms with Gasteiger partial charge < -0.3 is 5.11 Å². The Morgan fingerprint density at radius 3 is 2.53 bits per heavy atom. The van der Waals surface area contributed by atoms with Crippen LogP contribution in [0.25, 0.3) is 10.8 Å². The fraction of sp³-hybridized carbons (Fsp3) is 0.125. The summed E-state index contributed by atoms with van der Waals surface area (Å²) >= 11 is 5.14. The molecule has 0 aliphatic heterocycles. The first-order valence-corrected chi connectivity index (χ1v) is 7.69. The highest BCUT2D eigenvalue weighted by atomic mass is 79.9. The highest BCUT2D eigenvalue weighted by Gasteiger charge is 2.17. The summed E-state index contributed by atoms with van der Waals surface area (Å²) in [5, 5.41) is 12.9. The first kappa shape index (κ1) is 12.9. The van der Waals surface area contributed by atoms with Gasteiger partial charge in [0.2, 0.25) is 0 Å². The van der Waals surface area contributed by atoms with Gasteiger partial charge in [0.15, 0.2) is 0 Å². The lowest BCUT2D eigenvalue weighted by Gasteiger charge is -2.13. The first-order chi connectivity index (χ1) is 9.16. The monoisotopic (exact) mass is 332 g/mol. The minimum absolute atomic E-state index is 0.575. The van der Waals surface area contributed by atoms with Crippen molar-refractivity contribution in [3.63, 3.8) is 0 Å². The first-order valence-electron chi connectivity index (χ1n) is 6.08. The lowest BCUT2D eigenvalue weighted by molar-refractivity contribution is 0.221. The van der Waals surface area contributed by atoms with Crippen LogP contribution in [0, 0.1) is 6.92 Å². The number of thiophene rings is 1. The number of halogens is 1. The maximum atomic E-state index is 10.7. The molecule has 2 aromatic carbocycles. The predicted molar refractivity (Wildman–Crippen MR) is 84.8 cm³/mol. The highest BCUT2D eigenvalue weighted by molar-refractivity contribution is 9.11. The van der Waals surface area contributed by atoms with E-state index in [1.165, 1.54) is 0 Å². The number of aryl methyl sites for hydroxylation is 1. The topological polar surface area (TPSA) is 20.2 Å². The molecule has 0 spiro atoms. The normalized spacial score (nSPS) is 12.8. The van der Waals surface area contributed by atoms with E-state index in [2.05, 4.69) is 34.1 Å². The second kappa shape index (κ2) is 5.08. The van der Waals surface area contributed by atoms with Crippen LogP contribution in [0.3, 0.4) is 0 Å². The summed E-state index contributed by atoms with van der Waals surface area (Å²) < 4.78 is 1.05. The standard InChI is InChI=1S/C16H13BrOS/c1-10-14(9-15(17)19-10)16(18)13-8-4-6-11-5-2-3-7-12(11)13/h2-9,16,18H,1H3. The van der Waals surface area contributed by atoms with Crippen LogP contribution in [0.4, 0.5) is 0 Å². The molecule has 0 fully saturated rings. The van der Waals surface area contributed by atoms with Gasteiger partial charge in [-0.05, 0) is 50.8 Å². The molecule has 1 unspecified atom stereocenters. The largest absolute Gasteiger partial charge is 0.384 e. The van der Waals surface area contributed by atoms with Crippen molar-refractivity contribution in [1.29, 1.82) is 0 Å². The average Bonchev–Trinajstić information content (AvgIpc) is 2.76. The van der Waals surface area contributed by atoms with Crippen molar-refractivity contribution in [2.24, 2.45) is 0 Å². The molecule has 1 aromatic heterocycles. The number of aliphatic hydroxyl groups excluding tert-OH is 1. The summed E-state index contributed by atoms with van der Waals surface area (Å²) in [6.45, 7) is 2.04. The van der Waals surface area contributed by atoms with E-state index in [-0.39, 0.29) is 0 Å².